The molecule has 1 aliphatic carbocycles. The summed E-state index contributed by atoms with van der Waals surface area (Å²) >= 11 is 5.73. The van der Waals surface area contributed by atoms with Crippen LogP contribution in [0.15, 0.2) is 18.2 Å². The van der Waals surface area contributed by atoms with Crippen molar-refractivity contribution in [1.82, 2.24) is 10.2 Å². The van der Waals surface area contributed by atoms with Gasteiger partial charge in [0.2, 0.25) is 6.41 Å². The first kappa shape index (κ1) is 14.3. The van der Waals surface area contributed by atoms with Gasteiger partial charge in [-0.1, -0.05) is 11.6 Å². The van der Waals surface area contributed by atoms with E-state index in [9.17, 15) is 14.0 Å². The minimum atomic E-state index is -0.515. The van der Waals surface area contributed by atoms with Crippen molar-refractivity contribution in [2.75, 3.05) is 19.6 Å². The van der Waals surface area contributed by atoms with Gasteiger partial charge in [-0.05, 0) is 37.0 Å². The Labute approximate surface area is 127 Å². The molecule has 1 aromatic rings. The molecule has 112 valence electrons. The fourth-order valence-electron chi connectivity index (χ4n) is 3.48. The Kier molecular flexibility index (Phi) is 3.61. The lowest BCUT2D eigenvalue weighted by Crippen LogP contribution is -2.62. The summed E-state index contributed by atoms with van der Waals surface area (Å²) in [4.78, 5) is 24.3. The summed E-state index contributed by atoms with van der Waals surface area (Å²) in [5.74, 6) is -0.383. The minimum absolute atomic E-state index is 0.214. The summed E-state index contributed by atoms with van der Waals surface area (Å²) in [5.41, 5.74) is 0.531. The summed E-state index contributed by atoms with van der Waals surface area (Å²) in [5, 5.41) is 3.03. The Morgan fingerprint density at radius 1 is 1.43 bits per heavy atom. The smallest absolute Gasteiger partial charge is 0.251 e. The van der Waals surface area contributed by atoms with Crippen molar-refractivity contribution in [2.45, 2.75) is 12.8 Å². The number of carbonyl (C=O) groups excluding carboxylic acids is 2. The van der Waals surface area contributed by atoms with Crippen molar-refractivity contribution >= 4 is 23.9 Å². The number of amides is 2. The Morgan fingerprint density at radius 2 is 2.14 bits per heavy atom. The zero-order chi connectivity index (χ0) is 15.0. The molecule has 2 aliphatic rings. The summed E-state index contributed by atoms with van der Waals surface area (Å²) < 4.78 is 13.2. The summed E-state index contributed by atoms with van der Waals surface area (Å²) in [6.45, 7) is 2.25. The van der Waals surface area contributed by atoms with Crippen molar-refractivity contribution in [1.29, 1.82) is 0 Å². The van der Waals surface area contributed by atoms with Gasteiger partial charge in [0.25, 0.3) is 5.91 Å². The molecular weight excluding hydrogens is 295 g/mol. The highest BCUT2D eigenvalue weighted by Crippen LogP contribution is 2.51. The molecule has 2 amide bonds. The number of hydrogen-bond donors (Lipinski definition) is 1. The van der Waals surface area contributed by atoms with E-state index in [0.717, 1.165) is 32.3 Å². The first-order valence-electron chi connectivity index (χ1n) is 6.93. The molecule has 6 heteroatoms. The van der Waals surface area contributed by atoms with Crippen LogP contribution in [0.5, 0.6) is 0 Å². The lowest BCUT2D eigenvalue weighted by molar-refractivity contribution is -0.141. The molecule has 0 bridgehead atoms. The fraction of sp³-hybridized carbons (Fsp3) is 0.467. The number of hydrogen-bond acceptors (Lipinski definition) is 2. The highest BCUT2D eigenvalue weighted by molar-refractivity contribution is 6.31. The maximum Gasteiger partial charge on any atom is 0.251 e. The lowest BCUT2D eigenvalue weighted by Gasteiger charge is -2.58. The van der Waals surface area contributed by atoms with Crippen LogP contribution in [0.4, 0.5) is 4.39 Å². The van der Waals surface area contributed by atoms with E-state index in [1.54, 1.807) is 4.90 Å². The van der Waals surface area contributed by atoms with E-state index in [0.29, 0.717) is 17.9 Å². The topological polar surface area (TPSA) is 49.4 Å². The predicted octanol–water partition coefficient (Wildman–Crippen LogP) is 2.08. The van der Waals surface area contributed by atoms with Crippen LogP contribution in [0, 0.1) is 17.2 Å². The van der Waals surface area contributed by atoms with Crippen molar-refractivity contribution in [3.05, 3.63) is 34.6 Å². The van der Waals surface area contributed by atoms with Gasteiger partial charge in [0.15, 0.2) is 0 Å². The molecule has 4 nitrogen and oxygen atoms in total. The Balaban J connectivity index is 1.46. The summed E-state index contributed by atoms with van der Waals surface area (Å²) in [6, 6.07) is 3.80. The summed E-state index contributed by atoms with van der Waals surface area (Å²) in [7, 11) is 0. The molecular formula is C15H16ClFN2O2. The molecule has 1 aliphatic heterocycles. The van der Waals surface area contributed by atoms with Crippen LogP contribution in [-0.2, 0) is 4.79 Å². The molecule has 2 fully saturated rings. The third-order valence-corrected chi connectivity index (χ3v) is 4.56. The van der Waals surface area contributed by atoms with Gasteiger partial charge in [-0.25, -0.2) is 4.39 Å². The zero-order valence-electron chi connectivity index (χ0n) is 11.4. The van der Waals surface area contributed by atoms with Gasteiger partial charge >= 0.3 is 0 Å². The van der Waals surface area contributed by atoms with Gasteiger partial charge in [0.05, 0.1) is 0 Å². The molecule has 0 aromatic heterocycles. The normalized spacial score (nSPS) is 19.8. The molecule has 0 radical (unpaired) electrons. The van der Waals surface area contributed by atoms with E-state index >= 15 is 0 Å². The molecule has 0 atom stereocenters. The molecule has 0 unspecified atom stereocenters. The standard InChI is InChI=1S/C15H16ClFN2O2/c16-12-1-11(2-13(17)3-12)14(21)18-6-10-4-15(5-10)7-19(8-15)9-20/h1-3,9-10H,4-8H2,(H,18,21). The van der Waals surface area contributed by atoms with Crippen LogP contribution in [0.2, 0.25) is 5.02 Å². The van der Waals surface area contributed by atoms with E-state index in [1.807, 2.05) is 0 Å². The van der Waals surface area contributed by atoms with Gasteiger partial charge in [-0.2, -0.15) is 0 Å². The average Bonchev–Trinajstić information content (AvgIpc) is 2.33. The highest BCUT2D eigenvalue weighted by atomic mass is 35.5. The number of carbonyl (C=O) groups is 2. The van der Waals surface area contributed by atoms with Crippen molar-refractivity contribution in [3.8, 4) is 0 Å². The predicted molar refractivity (Wildman–Crippen MR) is 76.5 cm³/mol. The van der Waals surface area contributed by atoms with Crippen LogP contribution in [0.25, 0.3) is 0 Å². The maximum absolute atomic E-state index is 13.2. The van der Waals surface area contributed by atoms with Gasteiger partial charge in [-0.3, -0.25) is 9.59 Å². The van der Waals surface area contributed by atoms with Gasteiger partial charge in [-0.15, -0.1) is 0 Å². The number of rotatable bonds is 4. The SMILES string of the molecule is O=CN1CC2(CC(CNC(=O)c3cc(F)cc(Cl)c3)C2)C1. The molecule has 3 rings (SSSR count). The molecule has 1 saturated heterocycles. The number of likely N-dealkylation sites (tertiary alicyclic amines) is 1. The molecule has 1 spiro atoms. The second-order valence-electron chi connectivity index (χ2n) is 6.15. The third-order valence-electron chi connectivity index (χ3n) is 4.35. The number of nitrogens with zero attached hydrogens (tertiary/aromatic N) is 1. The average molecular weight is 311 g/mol. The van der Waals surface area contributed by atoms with Crippen LogP contribution in [0.3, 0.4) is 0 Å². The van der Waals surface area contributed by atoms with Crippen LogP contribution >= 0.6 is 11.6 Å². The fourth-order valence-corrected chi connectivity index (χ4v) is 3.70. The maximum atomic E-state index is 13.2. The molecule has 1 aromatic carbocycles. The molecule has 1 heterocycles. The van der Waals surface area contributed by atoms with Gasteiger partial charge < -0.3 is 10.2 Å². The highest BCUT2D eigenvalue weighted by Gasteiger charge is 2.51. The number of halogens is 2. The molecule has 21 heavy (non-hydrogen) atoms. The first-order chi connectivity index (χ1) is 9.99. The van der Waals surface area contributed by atoms with E-state index in [2.05, 4.69) is 5.32 Å². The van der Waals surface area contributed by atoms with E-state index in [-0.39, 0.29) is 16.5 Å². The minimum Gasteiger partial charge on any atom is -0.352 e. The number of nitrogens with one attached hydrogen (secondary N) is 1. The monoisotopic (exact) mass is 310 g/mol. The third kappa shape index (κ3) is 2.88. The number of benzene rings is 1. The van der Waals surface area contributed by atoms with E-state index in [1.165, 1.54) is 18.2 Å². The van der Waals surface area contributed by atoms with E-state index < -0.39 is 5.82 Å². The van der Waals surface area contributed by atoms with Crippen molar-refractivity contribution < 1.29 is 14.0 Å². The zero-order valence-corrected chi connectivity index (χ0v) is 12.2. The quantitative estimate of drug-likeness (QED) is 0.866. The second-order valence-corrected chi connectivity index (χ2v) is 6.59. The largest absolute Gasteiger partial charge is 0.352 e. The Bertz CT molecular complexity index is 559. The lowest BCUT2D eigenvalue weighted by atomic mass is 9.58. The molecule has 1 saturated carbocycles. The van der Waals surface area contributed by atoms with Crippen molar-refractivity contribution in [3.63, 3.8) is 0 Å². The van der Waals surface area contributed by atoms with Crippen LogP contribution in [0.1, 0.15) is 23.2 Å². The van der Waals surface area contributed by atoms with E-state index in [4.69, 9.17) is 11.6 Å². The summed E-state index contributed by atoms with van der Waals surface area (Å²) in [6.07, 6.45) is 2.94. The first-order valence-corrected chi connectivity index (χ1v) is 7.31. The van der Waals surface area contributed by atoms with Crippen LogP contribution in [-0.4, -0.2) is 36.9 Å². The van der Waals surface area contributed by atoms with Gasteiger partial charge in [0, 0.05) is 35.6 Å². The van der Waals surface area contributed by atoms with Gasteiger partial charge in [0.1, 0.15) is 5.82 Å². The molecule has 1 N–H and O–H groups in total. The second kappa shape index (κ2) is 5.30. The Morgan fingerprint density at radius 3 is 2.76 bits per heavy atom. The van der Waals surface area contributed by atoms with Crippen molar-refractivity contribution in [2.24, 2.45) is 11.3 Å². The Hall–Kier alpha value is -1.62. The van der Waals surface area contributed by atoms with Crippen LogP contribution < -0.4 is 5.32 Å².